The molecule has 1 atom stereocenters. The van der Waals surface area contributed by atoms with Crippen molar-refractivity contribution in [2.45, 2.75) is 19.8 Å². The fraction of sp³-hybridized carbons (Fsp3) is 0.625. The molecule has 0 aromatic rings. The summed E-state index contributed by atoms with van der Waals surface area (Å²) in [5, 5.41) is 0. The number of hydrogen-bond acceptors (Lipinski definition) is 2. The van der Waals surface area contributed by atoms with Crippen LogP contribution in [0.5, 0.6) is 0 Å². The van der Waals surface area contributed by atoms with E-state index in [2.05, 4.69) is 11.7 Å². The fourth-order valence-corrected chi connectivity index (χ4v) is 1.18. The van der Waals surface area contributed by atoms with Gasteiger partial charge in [-0.15, -0.1) is 0 Å². The highest BCUT2D eigenvalue weighted by Crippen LogP contribution is 2.24. The Kier molecular flexibility index (Phi) is 2.10. The number of allylic oxidation sites excluding steroid dienone is 1. The average molecular weight is 140 g/mol. The number of rotatable bonds is 1. The van der Waals surface area contributed by atoms with Crippen molar-refractivity contribution < 1.29 is 9.53 Å². The number of ether oxygens (including phenoxy) is 1. The van der Waals surface area contributed by atoms with Crippen molar-refractivity contribution in [3.63, 3.8) is 0 Å². The van der Waals surface area contributed by atoms with Crippen molar-refractivity contribution in [3.05, 3.63) is 11.6 Å². The number of carbonyl (C=O) groups excluding carboxylic acids is 1. The lowest BCUT2D eigenvalue weighted by atomic mass is 10.1. The highest BCUT2D eigenvalue weighted by atomic mass is 16.5. The molecule has 0 aromatic heterocycles. The molecule has 0 saturated carbocycles. The molecular weight excluding hydrogens is 128 g/mol. The molecule has 2 nitrogen and oxygen atoms in total. The van der Waals surface area contributed by atoms with Gasteiger partial charge in [0.15, 0.2) is 0 Å². The van der Waals surface area contributed by atoms with Gasteiger partial charge in [-0.1, -0.05) is 13.0 Å². The van der Waals surface area contributed by atoms with Gasteiger partial charge in [0.2, 0.25) is 0 Å². The molecule has 2 heteroatoms. The van der Waals surface area contributed by atoms with Crippen LogP contribution in [0.3, 0.4) is 0 Å². The largest absolute Gasteiger partial charge is 0.466 e. The first-order valence-corrected chi connectivity index (χ1v) is 3.51. The molecule has 0 unspecified atom stereocenters. The maximum atomic E-state index is 10.9. The predicted octanol–water partition coefficient (Wildman–Crippen LogP) is 1.52. The molecule has 0 saturated heterocycles. The van der Waals surface area contributed by atoms with E-state index in [1.165, 1.54) is 7.11 Å². The standard InChI is InChI=1S/C8H12O2/c1-6-3-4-7(5-6)8(9)10-2/h4,6H,3,5H2,1-2H3/t6-/m1/s1. The van der Waals surface area contributed by atoms with E-state index >= 15 is 0 Å². The molecule has 1 aliphatic rings. The molecule has 0 amide bonds. The Bertz CT molecular complexity index is 170. The molecule has 10 heavy (non-hydrogen) atoms. The minimum absolute atomic E-state index is 0.163. The monoisotopic (exact) mass is 140 g/mol. The zero-order valence-corrected chi connectivity index (χ0v) is 6.39. The van der Waals surface area contributed by atoms with Crippen LogP contribution in [0.4, 0.5) is 0 Å². The Morgan fingerprint density at radius 1 is 1.80 bits per heavy atom. The van der Waals surface area contributed by atoms with Crippen molar-refractivity contribution in [3.8, 4) is 0 Å². The summed E-state index contributed by atoms with van der Waals surface area (Å²) in [5.41, 5.74) is 0.843. The van der Waals surface area contributed by atoms with E-state index in [4.69, 9.17) is 0 Å². The van der Waals surface area contributed by atoms with Gasteiger partial charge >= 0.3 is 5.97 Å². The van der Waals surface area contributed by atoms with E-state index in [1.807, 2.05) is 6.08 Å². The Morgan fingerprint density at radius 2 is 2.50 bits per heavy atom. The Hall–Kier alpha value is -0.790. The topological polar surface area (TPSA) is 26.3 Å². The van der Waals surface area contributed by atoms with Gasteiger partial charge in [-0.3, -0.25) is 0 Å². The first kappa shape index (κ1) is 7.32. The number of hydrogen-bond donors (Lipinski definition) is 0. The Labute approximate surface area is 60.9 Å². The van der Waals surface area contributed by atoms with Crippen LogP contribution in [0.25, 0.3) is 0 Å². The third-order valence-corrected chi connectivity index (χ3v) is 1.78. The van der Waals surface area contributed by atoms with Crippen LogP contribution in [-0.2, 0) is 9.53 Å². The van der Waals surface area contributed by atoms with E-state index in [1.54, 1.807) is 0 Å². The van der Waals surface area contributed by atoms with Crippen LogP contribution in [0.15, 0.2) is 11.6 Å². The van der Waals surface area contributed by atoms with E-state index < -0.39 is 0 Å². The van der Waals surface area contributed by atoms with E-state index in [-0.39, 0.29) is 5.97 Å². The van der Waals surface area contributed by atoms with Crippen molar-refractivity contribution in [2.24, 2.45) is 5.92 Å². The second-order valence-corrected chi connectivity index (χ2v) is 2.77. The lowest BCUT2D eigenvalue weighted by Crippen LogP contribution is -2.03. The normalized spacial score (nSPS) is 24.2. The molecular formula is C8H12O2. The van der Waals surface area contributed by atoms with Gasteiger partial charge in [0.1, 0.15) is 0 Å². The third kappa shape index (κ3) is 1.38. The minimum atomic E-state index is -0.163. The molecule has 0 N–H and O–H groups in total. The second-order valence-electron chi connectivity index (χ2n) is 2.77. The summed E-state index contributed by atoms with van der Waals surface area (Å²) in [6.45, 7) is 2.13. The van der Waals surface area contributed by atoms with Gasteiger partial charge in [-0.25, -0.2) is 4.79 Å². The van der Waals surface area contributed by atoms with Crippen LogP contribution >= 0.6 is 0 Å². The van der Waals surface area contributed by atoms with Gasteiger partial charge in [0.25, 0.3) is 0 Å². The summed E-state index contributed by atoms with van der Waals surface area (Å²) < 4.78 is 4.58. The SMILES string of the molecule is COC(=O)C1=CC[C@@H](C)C1. The first-order chi connectivity index (χ1) is 4.74. The smallest absolute Gasteiger partial charge is 0.333 e. The summed E-state index contributed by atoms with van der Waals surface area (Å²) in [6.07, 6.45) is 3.87. The van der Waals surface area contributed by atoms with Crippen molar-refractivity contribution in [1.82, 2.24) is 0 Å². The summed E-state index contributed by atoms with van der Waals surface area (Å²) in [6, 6.07) is 0. The molecule has 0 aliphatic heterocycles. The van der Waals surface area contributed by atoms with Gasteiger partial charge < -0.3 is 4.74 Å². The maximum Gasteiger partial charge on any atom is 0.333 e. The van der Waals surface area contributed by atoms with E-state index in [9.17, 15) is 4.79 Å². The average Bonchev–Trinajstić information content (AvgIpc) is 2.34. The molecule has 0 heterocycles. The molecule has 0 bridgehead atoms. The van der Waals surface area contributed by atoms with Gasteiger partial charge in [0.05, 0.1) is 7.11 Å². The van der Waals surface area contributed by atoms with Gasteiger partial charge in [0, 0.05) is 5.57 Å². The fourth-order valence-electron chi connectivity index (χ4n) is 1.18. The Morgan fingerprint density at radius 3 is 2.90 bits per heavy atom. The summed E-state index contributed by atoms with van der Waals surface area (Å²) in [7, 11) is 1.42. The minimum Gasteiger partial charge on any atom is -0.466 e. The van der Waals surface area contributed by atoms with Crippen LogP contribution < -0.4 is 0 Å². The van der Waals surface area contributed by atoms with Gasteiger partial charge in [-0.2, -0.15) is 0 Å². The highest BCUT2D eigenvalue weighted by Gasteiger charge is 2.18. The molecule has 56 valence electrons. The summed E-state index contributed by atoms with van der Waals surface area (Å²) in [4.78, 5) is 10.9. The number of carbonyl (C=O) groups is 1. The molecule has 0 radical (unpaired) electrons. The quantitative estimate of drug-likeness (QED) is 0.516. The Balaban J connectivity index is 2.51. The highest BCUT2D eigenvalue weighted by molar-refractivity contribution is 5.88. The van der Waals surface area contributed by atoms with Gasteiger partial charge in [-0.05, 0) is 18.8 Å². The molecule has 0 aromatic carbocycles. The molecule has 1 aliphatic carbocycles. The van der Waals surface area contributed by atoms with E-state index in [0.29, 0.717) is 5.92 Å². The third-order valence-electron chi connectivity index (χ3n) is 1.78. The van der Waals surface area contributed by atoms with Crippen LogP contribution in [0, 0.1) is 5.92 Å². The second kappa shape index (κ2) is 2.86. The number of methoxy groups -OCH3 is 1. The van der Waals surface area contributed by atoms with Crippen molar-refractivity contribution in [2.75, 3.05) is 7.11 Å². The lowest BCUT2D eigenvalue weighted by Gasteiger charge is -2.00. The molecule has 0 spiro atoms. The molecule has 1 rings (SSSR count). The van der Waals surface area contributed by atoms with E-state index in [0.717, 1.165) is 18.4 Å². The summed E-state index contributed by atoms with van der Waals surface area (Å²) >= 11 is 0. The summed E-state index contributed by atoms with van der Waals surface area (Å²) in [5.74, 6) is 0.457. The van der Waals surface area contributed by atoms with Crippen molar-refractivity contribution in [1.29, 1.82) is 0 Å². The number of esters is 1. The van der Waals surface area contributed by atoms with Crippen LogP contribution in [-0.4, -0.2) is 13.1 Å². The lowest BCUT2D eigenvalue weighted by molar-refractivity contribution is -0.136. The van der Waals surface area contributed by atoms with Crippen LogP contribution in [0.1, 0.15) is 19.8 Å². The zero-order valence-electron chi connectivity index (χ0n) is 6.39. The van der Waals surface area contributed by atoms with Crippen LogP contribution in [0.2, 0.25) is 0 Å². The predicted molar refractivity (Wildman–Crippen MR) is 38.5 cm³/mol. The maximum absolute atomic E-state index is 10.9. The molecule has 0 fully saturated rings. The zero-order chi connectivity index (χ0) is 7.56. The van der Waals surface area contributed by atoms with Crippen molar-refractivity contribution >= 4 is 5.97 Å². The first-order valence-electron chi connectivity index (χ1n) is 3.51.